The Hall–Kier alpha value is -2.79. The van der Waals surface area contributed by atoms with E-state index in [9.17, 15) is 9.90 Å². The summed E-state index contributed by atoms with van der Waals surface area (Å²) in [5.74, 6) is 0. The summed E-state index contributed by atoms with van der Waals surface area (Å²) in [6, 6.07) is 15.4. The third-order valence-electron chi connectivity index (χ3n) is 4.75. The van der Waals surface area contributed by atoms with Crippen molar-refractivity contribution in [3.8, 4) is 0 Å². The van der Waals surface area contributed by atoms with Crippen molar-refractivity contribution in [3.05, 3.63) is 65.9 Å². The predicted molar refractivity (Wildman–Crippen MR) is 110 cm³/mol. The number of hydrogen-bond acceptors (Lipinski definition) is 2. The van der Waals surface area contributed by atoms with Crippen LogP contribution in [-0.2, 0) is 12.5 Å². The lowest BCUT2D eigenvalue weighted by molar-refractivity contribution is 0.176. The highest BCUT2D eigenvalue weighted by molar-refractivity contribution is 5.89. The minimum absolute atomic E-state index is 0.0728. The van der Waals surface area contributed by atoms with Crippen molar-refractivity contribution < 1.29 is 9.90 Å². The van der Waals surface area contributed by atoms with Crippen LogP contribution >= 0.6 is 0 Å². The molecule has 3 N–H and O–H groups in total. The number of nitrogens with zero attached hydrogens (tertiary/aromatic N) is 1. The summed E-state index contributed by atoms with van der Waals surface area (Å²) in [6.07, 6.45) is 1.13. The molecule has 0 aliphatic heterocycles. The Morgan fingerprint density at radius 2 is 1.78 bits per heavy atom. The van der Waals surface area contributed by atoms with Gasteiger partial charge in [0.25, 0.3) is 0 Å². The number of carbonyl (C=O) groups excluding carboxylic acids is 1. The molecular formula is C22H27N3O2. The quantitative estimate of drug-likeness (QED) is 0.644. The fourth-order valence-corrected chi connectivity index (χ4v) is 3.17. The molecule has 0 radical (unpaired) electrons. The largest absolute Gasteiger partial charge is 0.386 e. The lowest BCUT2D eigenvalue weighted by atomic mass is 9.87. The van der Waals surface area contributed by atoms with Gasteiger partial charge < -0.3 is 20.3 Å². The van der Waals surface area contributed by atoms with Crippen molar-refractivity contribution in [1.82, 2.24) is 9.88 Å². The van der Waals surface area contributed by atoms with Crippen LogP contribution in [0.5, 0.6) is 0 Å². The molecule has 1 atom stereocenters. The smallest absolute Gasteiger partial charge is 0.319 e. The summed E-state index contributed by atoms with van der Waals surface area (Å²) in [5.41, 5.74) is 3.86. The number of para-hydroxylation sites is 1. The van der Waals surface area contributed by atoms with E-state index < -0.39 is 6.10 Å². The number of hydrogen-bond donors (Lipinski definition) is 3. The normalized spacial score (nSPS) is 12.8. The number of aryl methyl sites for hydroxylation is 1. The van der Waals surface area contributed by atoms with Gasteiger partial charge in [-0.25, -0.2) is 4.79 Å². The maximum absolute atomic E-state index is 12.2. The molecule has 0 spiro atoms. The zero-order valence-electron chi connectivity index (χ0n) is 16.3. The first kappa shape index (κ1) is 19.0. The number of carbonyl (C=O) groups is 1. The van der Waals surface area contributed by atoms with Crippen LogP contribution in [0.15, 0.2) is 54.7 Å². The summed E-state index contributed by atoms with van der Waals surface area (Å²) >= 11 is 0. The first-order valence-corrected chi connectivity index (χ1v) is 9.13. The fourth-order valence-electron chi connectivity index (χ4n) is 3.17. The highest BCUT2D eigenvalue weighted by atomic mass is 16.3. The number of rotatable bonds is 4. The van der Waals surface area contributed by atoms with Gasteiger partial charge in [-0.15, -0.1) is 0 Å². The van der Waals surface area contributed by atoms with E-state index in [2.05, 4.69) is 31.4 Å². The second-order valence-corrected chi connectivity index (χ2v) is 7.89. The minimum Gasteiger partial charge on any atom is -0.386 e. The third kappa shape index (κ3) is 4.31. The van der Waals surface area contributed by atoms with Crippen molar-refractivity contribution in [2.24, 2.45) is 7.05 Å². The van der Waals surface area contributed by atoms with Gasteiger partial charge in [-0.2, -0.15) is 0 Å². The molecule has 3 rings (SSSR count). The van der Waals surface area contributed by atoms with E-state index in [1.165, 1.54) is 5.56 Å². The molecule has 0 aliphatic rings. The van der Waals surface area contributed by atoms with Gasteiger partial charge in [0.2, 0.25) is 0 Å². The van der Waals surface area contributed by atoms with Gasteiger partial charge >= 0.3 is 6.03 Å². The lowest BCUT2D eigenvalue weighted by Gasteiger charge is -2.19. The third-order valence-corrected chi connectivity index (χ3v) is 4.75. The number of benzene rings is 2. The van der Waals surface area contributed by atoms with E-state index in [0.717, 1.165) is 22.2 Å². The Balaban J connectivity index is 1.60. The second kappa shape index (κ2) is 7.45. The number of nitrogens with one attached hydrogen (secondary N) is 2. The van der Waals surface area contributed by atoms with E-state index >= 15 is 0 Å². The lowest BCUT2D eigenvalue weighted by Crippen LogP contribution is -2.32. The number of amides is 2. The summed E-state index contributed by atoms with van der Waals surface area (Å²) in [4.78, 5) is 12.2. The Labute approximate surface area is 160 Å². The van der Waals surface area contributed by atoms with E-state index in [-0.39, 0.29) is 18.0 Å². The molecule has 5 nitrogen and oxygen atoms in total. The molecule has 1 aromatic heterocycles. The molecule has 3 aromatic rings. The molecule has 2 amide bonds. The molecule has 0 fully saturated rings. The second-order valence-electron chi connectivity index (χ2n) is 7.89. The SMILES string of the molecule is Cn1cc(C(O)CNC(=O)Nc2ccc(C(C)(C)C)cc2)c2ccccc21. The zero-order valence-corrected chi connectivity index (χ0v) is 16.3. The summed E-state index contributed by atoms with van der Waals surface area (Å²) in [7, 11) is 1.94. The monoisotopic (exact) mass is 365 g/mol. The van der Waals surface area contributed by atoms with E-state index in [0.29, 0.717) is 0 Å². The van der Waals surface area contributed by atoms with Crippen LogP contribution < -0.4 is 10.6 Å². The highest BCUT2D eigenvalue weighted by Gasteiger charge is 2.16. The Morgan fingerprint density at radius 1 is 1.11 bits per heavy atom. The van der Waals surface area contributed by atoms with E-state index in [1.54, 1.807) is 0 Å². The van der Waals surface area contributed by atoms with Crippen molar-refractivity contribution >= 4 is 22.6 Å². The number of aliphatic hydroxyl groups excluding tert-OH is 1. The van der Waals surface area contributed by atoms with Gasteiger partial charge in [-0.05, 0) is 29.2 Å². The molecule has 0 saturated carbocycles. The van der Waals surface area contributed by atoms with Crippen LogP contribution in [0, 0.1) is 0 Å². The van der Waals surface area contributed by atoms with Crippen LogP contribution in [0.2, 0.25) is 0 Å². The average molecular weight is 365 g/mol. The van der Waals surface area contributed by atoms with Gasteiger partial charge in [-0.3, -0.25) is 0 Å². The first-order chi connectivity index (χ1) is 12.8. The van der Waals surface area contributed by atoms with Crippen molar-refractivity contribution in [3.63, 3.8) is 0 Å². The number of aliphatic hydroxyl groups is 1. The fraction of sp³-hybridized carbons (Fsp3) is 0.318. The molecule has 0 aliphatic carbocycles. The molecule has 5 heteroatoms. The van der Waals surface area contributed by atoms with Gasteiger partial charge in [-0.1, -0.05) is 51.1 Å². The van der Waals surface area contributed by atoms with E-state index in [4.69, 9.17) is 0 Å². The zero-order chi connectivity index (χ0) is 19.6. The standard InChI is InChI=1S/C22H27N3O2/c1-22(2,3)15-9-11-16(12-10-15)24-21(27)23-13-20(26)18-14-25(4)19-8-6-5-7-17(18)19/h5-12,14,20,26H,13H2,1-4H3,(H2,23,24,27). The molecule has 1 heterocycles. The molecule has 0 saturated heterocycles. The Morgan fingerprint density at radius 3 is 2.44 bits per heavy atom. The van der Waals surface area contributed by atoms with Crippen molar-refractivity contribution in [2.75, 3.05) is 11.9 Å². The summed E-state index contributed by atoms with van der Waals surface area (Å²) in [6.45, 7) is 6.59. The molecule has 1 unspecified atom stereocenters. The topological polar surface area (TPSA) is 66.3 Å². The molecule has 2 aromatic carbocycles. The number of fused-ring (bicyclic) bond motifs is 1. The molecule has 142 valence electrons. The van der Waals surface area contributed by atoms with Gasteiger partial charge in [0.15, 0.2) is 0 Å². The van der Waals surface area contributed by atoms with Crippen molar-refractivity contribution in [2.45, 2.75) is 32.3 Å². The highest BCUT2D eigenvalue weighted by Crippen LogP contribution is 2.26. The number of urea groups is 1. The number of aromatic nitrogens is 1. The molecular weight excluding hydrogens is 338 g/mol. The first-order valence-electron chi connectivity index (χ1n) is 9.13. The average Bonchev–Trinajstić information content (AvgIpc) is 2.97. The van der Waals surface area contributed by atoms with Crippen LogP contribution in [0.25, 0.3) is 10.9 Å². The molecule has 27 heavy (non-hydrogen) atoms. The maximum atomic E-state index is 12.2. The van der Waals surface area contributed by atoms with Gasteiger partial charge in [0, 0.05) is 41.9 Å². The maximum Gasteiger partial charge on any atom is 0.319 e. The van der Waals surface area contributed by atoms with Gasteiger partial charge in [0.05, 0.1) is 6.10 Å². The van der Waals surface area contributed by atoms with E-state index in [1.807, 2.05) is 66.3 Å². The number of anilines is 1. The predicted octanol–water partition coefficient (Wildman–Crippen LogP) is 4.33. The van der Waals surface area contributed by atoms with Crippen LogP contribution in [-0.4, -0.2) is 22.2 Å². The molecule has 0 bridgehead atoms. The Bertz CT molecular complexity index is 936. The Kier molecular flexibility index (Phi) is 5.24. The van der Waals surface area contributed by atoms with Gasteiger partial charge in [0.1, 0.15) is 0 Å². The van der Waals surface area contributed by atoms with Crippen molar-refractivity contribution in [1.29, 1.82) is 0 Å². The summed E-state index contributed by atoms with van der Waals surface area (Å²) in [5, 5.41) is 17.1. The van der Waals surface area contributed by atoms with Crippen LogP contribution in [0.3, 0.4) is 0 Å². The minimum atomic E-state index is -0.773. The van der Waals surface area contributed by atoms with Crippen LogP contribution in [0.1, 0.15) is 38.0 Å². The van der Waals surface area contributed by atoms with Crippen LogP contribution in [0.4, 0.5) is 10.5 Å². The summed E-state index contributed by atoms with van der Waals surface area (Å²) < 4.78 is 1.98.